The molecule has 1 rings (SSSR count). The highest BCUT2D eigenvalue weighted by atomic mass is 16.5. The smallest absolute Gasteiger partial charge is 0.316 e. The Morgan fingerprint density at radius 2 is 1.85 bits per heavy atom. The molecule has 0 aromatic heterocycles. The molecule has 1 amide bonds. The third-order valence-corrected chi connectivity index (χ3v) is 3.56. The first kappa shape index (κ1) is 16.9. The molecule has 116 valence electrons. The minimum absolute atomic E-state index is 0.00967. The molecule has 0 aromatic rings. The number of ether oxygens (including phenoxy) is 1. The number of piperidine rings is 1. The van der Waals surface area contributed by atoms with Gasteiger partial charge in [0.25, 0.3) is 0 Å². The van der Waals surface area contributed by atoms with Crippen LogP contribution in [0.15, 0.2) is 0 Å². The Balaban J connectivity index is 2.59. The van der Waals surface area contributed by atoms with Gasteiger partial charge in [0.05, 0.1) is 19.3 Å². The normalized spacial score (nSPS) is 18.9. The van der Waals surface area contributed by atoms with Gasteiger partial charge in [0.15, 0.2) is 0 Å². The van der Waals surface area contributed by atoms with Crippen molar-refractivity contribution in [3.8, 4) is 0 Å². The Morgan fingerprint density at radius 1 is 1.30 bits per heavy atom. The second-order valence-corrected chi connectivity index (χ2v) is 6.26. The van der Waals surface area contributed by atoms with Crippen molar-refractivity contribution in [1.82, 2.24) is 4.90 Å². The molecule has 0 aromatic carbocycles. The summed E-state index contributed by atoms with van der Waals surface area (Å²) in [5.41, 5.74) is -0.604. The van der Waals surface area contributed by atoms with E-state index in [9.17, 15) is 14.7 Å². The van der Waals surface area contributed by atoms with Crippen molar-refractivity contribution in [1.29, 1.82) is 0 Å². The molecular formula is C14H25NO5. The maximum Gasteiger partial charge on any atom is 0.316 e. The molecule has 0 aliphatic carbocycles. The third-order valence-electron chi connectivity index (χ3n) is 3.56. The van der Waals surface area contributed by atoms with Gasteiger partial charge in [-0.15, -0.1) is 0 Å². The van der Waals surface area contributed by atoms with Crippen LogP contribution in [0, 0.1) is 11.3 Å². The van der Waals surface area contributed by atoms with E-state index < -0.39 is 17.3 Å². The fourth-order valence-corrected chi connectivity index (χ4v) is 2.49. The fourth-order valence-electron chi connectivity index (χ4n) is 2.49. The molecular weight excluding hydrogens is 262 g/mol. The van der Waals surface area contributed by atoms with E-state index in [2.05, 4.69) is 0 Å². The number of nitrogens with zero attached hydrogens (tertiary/aromatic N) is 1. The topological polar surface area (TPSA) is 87.1 Å². The Kier molecular flexibility index (Phi) is 5.95. The van der Waals surface area contributed by atoms with E-state index in [0.29, 0.717) is 32.5 Å². The molecule has 1 saturated heterocycles. The summed E-state index contributed by atoms with van der Waals surface area (Å²) in [6.45, 7) is 6.61. The van der Waals surface area contributed by atoms with Crippen LogP contribution in [-0.4, -0.2) is 59.4 Å². The summed E-state index contributed by atoms with van der Waals surface area (Å²) in [5.74, 6) is -2.40. The summed E-state index contributed by atoms with van der Waals surface area (Å²) in [5, 5.41) is 18.0. The molecule has 1 aliphatic heterocycles. The van der Waals surface area contributed by atoms with E-state index in [1.54, 1.807) is 25.7 Å². The summed E-state index contributed by atoms with van der Waals surface area (Å²) in [6.07, 6.45) is 1.41. The fraction of sp³-hybridized carbons (Fsp3) is 0.857. The number of carbonyl (C=O) groups excluding carboxylic acids is 1. The zero-order valence-corrected chi connectivity index (χ0v) is 12.5. The molecule has 0 radical (unpaired) electrons. The van der Waals surface area contributed by atoms with Gasteiger partial charge in [-0.3, -0.25) is 9.59 Å². The first-order chi connectivity index (χ1) is 9.27. The van der Waals surface area contributed by atoms with E-state index in [1.165, 1.54) is 0 Å². The summed E-state index contributed by atoms with van der Waals surface area (Å²) in [7, 11) is 0. The number of aliphatic hydroxyl groups excluding tert-OH is 1. The van der Waals surface area contributed by atoms with E-state index >= 15 is 0 Å². The zero-order valence-electron chi connectivity index (χ0n) is 12.5. The molecule has 6 heteroatoms. The first-order valence-corrected chi connectivity index (χ1v) is 7.01. The maximum absolute atomic E-state index is 12.4. The van der Waals surface area contributed by atoms with Crippen LogP contribution >= 0.6 is 0 Å². The number of aliphatic hydroxyl groups is 1. The summed E-state index contributed by atoms with van der Waals surface area (Å²) in [6, 6.07) is 0. The van der Waals surface area contributed by atoms with Gasteiger partial charge in [-0.2, -0.15) is 0 Å². The van der Waals surface area contributed by atoms with Crippen LogP contribution in [0.4, 0.5) is 0 Å². The Morgan fingerprint density at radius 3 is 2.25 bits per heavy atom. The predicted octanol–water partition coefficient (Wildman–Crippen LogP) is 0.733. The monoisotopic (exact) mass is 287 g/mol. The molecule has 0 saturated carbocycles. The molecule has 2 N–H and O–H groups in total. The second-order valence-electron chi connectivity index (χ2n) is 6.26. The van der Waals surface area contributed by atoms with E-state index in [1.807, 2.05) is 0 Å². The number of rotatable bonds is 5. The van der Waals surface area contributed by atoms with Gasteiger partial charge in [-0.25, -0.2) is 0 Å². The minimum atomic E-state index is -1.07. The van der Waals surface area contributed by atoms with Gasteiger partial charge in [0.2, 0.25) is 5.91 Å². The molecule has 1 heterocycles. The first-order valence-electron chi connectivity index (χ1n) is 7.01. The van der Waals surface area contributed by atoms with Crippen molar-refractivity contribution in [2.45, 2.75) is 39.7 Å². The molecule has 1 unspecified atom stereocenters. The summed E-state index contributed by atoms with van der Waals surface area (Å²) >= 11 is 0. The molecule has 0 spiro atoms. The molecule has 1 atom stereocenters. The van der Waals surface area contributed by atoms with Crippen molar-refractivity contribution < 1.29 is 24.5 Å². The predicted molar refractivity (Wildman–Crippen MR) is 73.2 cm³/mol. The van der Waals surface area contributed by atoms with Crippen molar-refractivity contribution >= 4 is 11.9 Å². The van der Waals surface area contributed by atoms with Crippen LogP contribution in [0.2, 0.25) is 0 Å². The number of carbonyl (C=O) groups is 2. The van der Waals surface area contributed by atoms with Crippen LogP contribution in [0.5, 0.6) is 0 Å². The quantitative estimate of drug-likeness (QED) is 0.728. The third kappa shape index (κ3) is 4.45. The average molecular weight is 287 g/mol. The summed E-state index contributed by atoms with van der Waals surface area (Å²) in [4.78, 5) is 25.3. The maximum atomic E-state index is 12.4. The molecule has 1 fully saturated rings. The van der Waals surface area contributed by atoms with Crippen molar-refractivity contribution in [3.05, 3.63) is 0 Å². The van der Waals surface area contributed by atoms with Gasteiger partial charge in [-0.1, -0.05) is 20.8 Å². The minimum Gasteiger partial charge on any atom is -0.481 e. The van der Waals surface area contributed by atoms with Crippen LogP contribution < -0.4 is 0 Å². The molecule has 1 aliphatic rings. The highest BCUT2D eigenvalue weighted by molar-refractivity contribution is 5.97. The van der Waals surface area contributed by atoms with Crippen molar-refractivity contribution in [2.24, 2.45) is 11.3 Å². The van der Waals surface area contributed by atoms with Gasteiger partial charge in [0.1, 0.15) is 5.92 Å². The summed E-state index contributed by atoms with van der Waals surface area (Å²) < 4.78 is 5.43. The largest absolute Gasteiger partial charge is 0.481 e. The second kappa shape index (κ2) is 7.04. The van der Waals surface area contributed by atoms with Crippen molar-refractivity contribution in [2.75, 3.05) is 26.3 Å². The standard InChI is InChI=1S/C14H25NO5/c1-14(2,3)11(13(18)19)12(17)15-6-4-10(5-7-15)20-9-8-16/h10-11,16H,4-9H2,1-3H3,(H,18,19). The number of aliphatic carboxylic acids is 1. The number of likely N-dealkylation sites (tertiary alicyclic amines) is 1. The van der Waals surface area contributed by atoms with Gasteiger partial charge in [0, 0.05) is 13.1 Å². The van der Waals surface area contributed by atoms with Gasteiger partial charge >= 0.3 is 5.97 Å². The van der Waals surface area contributed by atoms with E-state index in [0.717, 1.165) is 0 Å². The lowest BCUT2D eigenvalue weighted by molar-refractivity contribution is -0.157. The number of carboxylic acid groups (broad SMARTS) is 1. The van der Waals surface area contributed by atoms with Gasteiger partial charge in [-0.05, 0) is 18.3 Å². The number of carboxylic acids is 1. The highest BCUT2D eigenvalue weighted by Gasteiger charge is 2.40. The number of hydrogen-bond donors (Lipinski definition) is 2. The Bertz CT molecular complexity index is 342. The highest BCUT2D eigenvalue weighted by Crippen LogP contribution is 2.29. The lowest BCUT2D eigenvalue weighted by atomic mass is 9.79. The van der Waals surface area contributed by atoms with Gasteiger partial charge < -0.3 is 19.8 Å². The number of hydrogen-bond acceptors (Lipinski definition) is 4. The van der Waals surface area contributed by atoms with Crippen LogP contribution in [0.1, 0.15) is 33.6 Å². The lowest BCUT2D eigenvalue weighted by Gasteiger charge is -2.36. The number of amides is 1. The zero-order chi connectivity index (χ0) is 15.3. The van der Waals surface area contributed by atoms with Crippen LogP contribution in [0.3, 0.4) is 0 Å². The van der Waals surface area contributed by atoms with Crippen LogP contribution in [-0.2, 0) is 14.3 Å². The Hall–Kier alpha value is -1.14. The Labute approximate surface area is 119 Å². The lowest BCUT2D eigenvalue weighted by Crippen LogP contribution is -2.49. The van der Waals surface area contributed by atoms with Crippen LogP contribution in [0.25, 0.3) is 0 Å². The van der Waals surface area contributed by atoms with E-state index in [-0.39, 0.29) is 18.6 Å². The molecule has 0 bridgehead atoms. The van der Waals surface area contributed by atoms with Crippen molar-refractivity contribution in [3.63, 3.8) is 0 Å². The molecule has 20 heavy (non-hydrogen) atoms. The van der Waals surface area contributed by atoms with E-state index in [4.69, 9.17) is 9.84 Å². The average Bonchev–Trinajstić information content (AvgIpc) is 2.34. The SMILES string of the molecule is CC(C)(C)C(C(=O)O)C(=O)N1CCC(OCCO)CC1. The molecule has 6 nitrogen and oxygen atoms in total.